The Kier molecular flexibility index (Phi) is 12.1. The Hall–Kier alpha value is -5.45. The van der Waals surface area contributed by atoms with Gasteiger partial charge in [0.1, 0.15) is 23.1 Å². The molecule has 5 aromatic rings. The van der Waals surface area contributed by atoms with Crippen LogP contribution in [0, 0.1) is 12.7 Å². The second-order valence-corrected chi connectivity index (χ2v) is 15.4. The molecule has 0 aliphatic carbocycles. The Labute approximate surface area is 321 Å². The zero-order valence-electron chi connectivity index (χ0n) is 32.0. The third-order valence-electron chi connectivity index (χ3n) is 9.59. The standard InChI is InChI=1S/C39H46FN9O5S/c1-25-22-48(55(7,50)51)16-17-49(25)26(2)30-18-34(36(41-20-30)45-31-19-35(40)38(54-6)42-21-31)37-43-27(3)44-39(46-37)47(23-28-8-12-32(52-4)13-9-28)24-29-10-14-33(53-5)15-11-29/h8-15,18-21,25-26H,16-17,22-24H2,1-7H3,(H,41,45)/t25-,26-/m1/s1. The third-order valence-corrected chi connectivity index (χ3v) is 10.9. The number of nitrogens with one attached hydrogen (secondary N) is 1. The number of pyridine rings is 2. The lowest BCUT2D eigenvalue weighted by Crippen LogP contribution is -2.53. The van der Waals surface area contributed by atoms with Gasteiger partial charge in [-0.2, -0.15) is 14.3 Å². The zero-order chi connectivity index (χ0) is 39.3. The number of anilines is 3. The fraction of sp³-hybridized carbons (Fsp3) is 0.359. The molecule has 3 aromatic heterocycles. The second kappa shape index (κ2) is 16.9. The lowest BCUT2D eigenvalue weighted by molar-refractivity contribution is 0.0906. The van der Waals surface area contributed by atoms with Crippen molar-refractivity contribution in [3.8, 4) is 28.8 Å². The normalized spacial score (nSPS) is 15.7. The number of hydrogen-bond donors (Lipinski definition) is 1. The minimum absolute atomic E-state index is 0.0523. The summed E-state index contributed by atoms with van der Waals surface area (Å²) in [4.78, 5) is 27.9. The van der Waals surface area contributed by atoms with Gasteiger partial charge in [-0.3, -0.25) is 4.90 Å². The molecule has 0 radical (unpaired) electrons. The maximum atomic E-state index is 14.8. The van der Waals surface area contributed by atoms with Gasteiger partial charge in [0.15, 0.2) is 11.6 Å². The predicted octanol–water partition coefficient (Wildman–Crippen LogP) is 5.78. The minimum Gasteiger partial charge on any atom is -0.497 e. The highest BCUT2D eigenvalue weighted by atomic mass is 32.2. The summed E-state index contributed by atoms with van der Waals surface area (Å²) in [7, 11) is 1.31. The third kappa shape index (κ3) is 9.44. The first kappa shape index (κ1) is 39.2. The summed E-state index contributed by atoms with van der Waals surface area (Å²) in [6.07, 6.45) is 4.46. The molecule has 4 heterocycles. The highest BCUT2D eigenvalue weighted by Crippen LogP contribution is 2.34. The summed E-state index contributed by atoms with van der Waals surface area (Å²) >= 11 is 0. The molecule has 1 N–H and O–H groups in total. The van der Waals surface area contributed by atoms with Gasteiger partial charge < -0.3 is 24.4 Å². The summed E-state index contributed by atoms with van der Waals surface area (Å²) in [5.74, 6) is 2.42. The maximum absolute atomic E-state index is 14.8. The van der Waals surface area contributed by atoms with Crippen LogP contribution in [-0.4, -0.2) is 95.8 Å². The van der Waals surface area contributed by atoms with Crippen LogP contribution in [0.25, 0.3) is 11.4 Å². The molecule has 1 saturated heterocycles. The van der Waals surface area contributed by atoms with E-state index in [1.807, 2.05) is 68.4 Å². The van der Waals surface area contributed by atoms with Crippen molar-refractivity contribution in [1.82, 2.24) is 34.1 Å². The van der Waals surface area contributed by atoms with Crippen LogP contribution in [-0.2, 0) is 23.1 Å². The van der Waals surface area contributed by atoms with E-state index in [1.54, 1.807) is 20.4 Å². The topological polar surface area (TPSA) is 148 Å². The Bertz CT molecular complexity index is 2160. The molecular weight excluding hydrogens is 726 g/mol. The average molecular weight is 772 g/mol. The number of piperazine rings is 1. The van der Waals surface area contributed by atoms with Crippen molar-refractivity contribution in [1.29, 1.82) is 0 Å². The Balaban J connectivity index is 1.41. The van der Waals surface area contributed by atoms with E-state index in [-0.39, 0.29) is 18.0 Å². The van der Waals surface area contributed by atoms with E-state index < -0.39 is 15.8 Å². The molecule has 1 fully saturated rings. The molecule has 14 nitrogen and oxygen atoms in total. The first-order chi connectivity index (χ1) is 26.3. The van der Waals surface area contributed by atoms with Crippen molar-refractivity contribution in [3.63, 3.8) is 0 Å². The lowest BCUT2D eigenvalue weighted by atomic mass is 10.0. The summed E-state index contributed by atoms with van der Waals surface area (Å²) in [6.45, 7) is 8.17. The van der Waals surface area contributed by atoms with Gasteiger partial charge >= 0.3 is 0 Å². The van der Waals surface area contributed by atoms with Crippen molar-refractivity contribution >= 4 is 27.5 Å². The predicted molar refractivity (Wildman–Crippen MR) is 209 cm³/mol. The minimum atomic E-state index is -3.31. The average Bonchev–Trinajstić information content (AvgIpc) is 3.17. The quantitative estimate of drug-likeness (QED) is 0.146. The number of ether oxygens (including phenoxy) is 3. The fourth-order valence-corrected chi connectivity index (χ4v) is 7.50. The first-order valence-corrected chi connectivity index (χ1v) is 19.6. The van der Waals surface area contributed by atoms with Crippen molar-refractivity contribution in [2.45, 2.75) is 45.9 Å². The monoisotopic (exact) mass is 771 g/mol. The summed E-state index contributed by atoms with van der Waals surface area (Å²) in [6, 6.07) is 18.7. The van der Waals surface area contributed by atoms with E-state index in [4.69, 9.17) is 34.1 Å². The van der Waals surface area contributed by atoms with Crippen LogP contribution >= 0.6 is 0 Å². The SMILES string of the molecule is COc1ccc(CN(Cc2ccc(OC)cc2)c2nc(C)nc(-c3cc([C@@H](C)N4CCN(S(C)(=O)=O)C[C@H]4C)cnc3Nc3cnc(OC)c(F)c3)n2)cc1. The van der Waals surface area contributed by atoms with E-state index in [2.05, 4.69) is 27.0 Å². The van der Waals surface area contributed by atoms with E-state index in [9.17, 15) is 12.8 Å². The number of benzene rings is 2. The van der Waals surface area contributed by atoms with Gasteiger partial charge in [-0.15, -0.1) is 0 Å². The summed E-state index contributed by atoms with van der Waals surface area (Å²) in [5.41, 5.74) is 3.82. The molecule has 16 heteroatoms. The van der Waals surface area contributed by atoms with Gasteiger partial charge in [-0.25, -0.2) is 27.8 Å². The number of hydrogen-bond acceptors (Lipinski definition) is 13. The number of methoxy groups -OCH3 is 3. The van der Waals surface area contributed by atoms with Crippen molar-refractivity contribution in [3.05, 3.63) is 101 Å². The molecule has 0 saturated carbocycles. The molecule has 1 aliphatic rings. The molecule has 2 aromatic carbocycles. The fourth-order valence-electron chi connectivity index (χ4n) is 6.60. The smallest absolute Gasteiger partial charge is 0.250 e. The largest absolute Gasteiger partial charge is 0.497 e. The van der Waals surface area contributed by atoms with Crippen molar-refractivity contribution in [2.75, 3.05) is 57.4 Å². The van der Waals surface area contributed by atoms with Gasteiger partial charge in [-0.1, -0.05) is 24.3 Å². The summed E-state index contributed by atoms with van der Waals surface area (Å²) < 4.78 is 56.7. The summed E-state index contributed by atoms with van der Waals surface area (Å²) in [5, 5.41) is 3.22. The lowest BCUT2D eigenvalue weighted by Gasteiger charge is -2.42. The van der Waals surface area contributed by atoms with Crippen LogP contribution in [0.2, 0.25) is 0 Å². The number of nitrogens with zero attached hydrogens (tertiary/aromatic N) is 8. The molecule has 6 rings (SSSR count). The number of aryl methyl sites for hydroxylation is 1. The molecule has 2 atom stereocenters. The maximum Gasteiger partial charge on any atom is 0.250 e. The van der Waals surface area contributed by atoms with Crippen LogP contribution in [0.15, 0.2) is 73.1 Å². The van der Waals surface area contributed by atoms with Gasteiger partial charge in [0.25, 0.3) is 0 Å². The Morgan fingerprint density at radius 2 is 1.53 bits per heavy atom. The molecule has 0 amide bonds. The number of halogens is 1. The molecule has 0 spiro atoms. The van der Waals surface area contributed by atoms with Crippen molar-refractivity contribution in [2.24, 2.45) is 0 Å². The molecule has 55 heavy (non-hydrogen) atoms. The molecule has 0 bridgehead atoms. The first-order valence-electron chi connectivity index (χ1n) is 17.8. The van der Waals surface area contributed by atoms with E-state index in [0.29, 0.717) is 67.4 Å². The molecule has 1 aliphatic heterocycles. The van der Waals surface area contributed by atoms with Gasteiger partial charge in [0, 0.05) is 57.1 Å². The molecular formula is C39H46FN9O5S. The Morgan fingerprint density at radius 1 is 0.891 bits per heavy atom. The Morgan fingerprint density at radius 3 is 2.07 bits per heavy atom. The van der Waals surface area contributed by atoms with Crippen LogP contribution in [0.5, 0.6) is 17.4 Å². The van der Waals surface area contributed by atoms with Gasteiger partial charge in [0.2, 0.25) is 21.9 Å². The van der Waals surface area contributed by atoms with Gasteiger partial charge in [0.05, 0.1) is 45.0 Å². The highest BCUT2D eigenvalue weighted by molar-refractivity contribution is 7.88. The van der Waals surface area contributed by atoms with Crippen LogP contribution in [0.1, 0.15) is 42.4 Å². The van der Waals surface area contributed by atoms with E-state index in [1.165, 1.54) is 29.9 Å². The molecule has 290 valence electrons. The number of sulfonamides is 1. The van der Waals surface area contributed by atoms with Crippen LogP contribution in [0.4, 0.5) is 21.8 Å². The van der Waals surface area contributed by atoms with Crippen LogP contribution < -0.4 is 24.4 Å². The molecule has 0 unspecified atom stereocenters. The second-order valence-electron chi connectivity index (χ2n) is 13.4. The zero-order valence-corrected chi connectivity index (χ0v) is 32.8. The van der Waals surface area contributed by atoms with Crippen LogP contribution in [0.3, 0.4) is 0 Å². The van der Waals surface area contributed by atoms with Crippen molar-refractivity contribution < 1.29 is 27.0 Å². The van der Waals surface area contributed by atoms with E-state index >= 15 is 0 Å². The number of aromatic nitrogens is 5. The van der Waals surface area contributed by atoms with E-state index in [0.717, 1.165) is 28.2 Å². The van der Waals surface area contributed by atoms with Gasteiger partial charge in [-0.05, 0) is 67.8 Å². The number of rotatable bonds is 14. The highest BCUT2D eigenvalue weighted by Gasteiger charge is 2.32.